The average molecular weight is 221 g/mol. The zero-order chi connectivity index (χ0) is 11.8. The van der Waals surface area contributed by atoms with Gasteiger partial charge in [-0.2, -0.15) is 0 Å². The number of rotatable bonds is 7. The SMILES string of the molecule is C=CCCCC(C)NCc1ccc(F)cc1. The summed E-state index contributed by atoms with van der Waals surface area (Å²) in [7, 11) is 0. The predicted octanol–water partition coefficient (Wildman–Crippen LogP) is 3.66. The number of allylic oxidation sites excluding steroid dienone is 1. The molecular formula is C14H20FN. The zero-order valence-corrected chi connectivity index (χ0v) is 9.88. The first-order valence-corrected chi connectivity index (χ1v) is 5.81. The summed E-state index contributed by atoms with van der Waals surface area (Å²) in [6, 6.07) is 7.13. The fourth-order valence-electron chi connectivity index (χ4n) is 1.56. The van der Waals surface area contributed by atoms with Gasteiger partial charge in [0.1, 0.15) is 5.82 Å². The summed E-state index contributed by atoms with van der Waals surface area (Å²) in [6.45, 7) is 6.68. The van der Waals surface area contributed by atoms with Gasteiger partial charge in [0.05, 0.1) is 0 Å². The minimum atomic E-state index is -0.178. The summed E-state index contributed by atoms with van der Waals surface area (Å²) in [4.78, 5) is 0. The van der Waals surface area contributed by atoms with E-state index >= 15 is 0 Å². The Morgan fingerprint density at radius 3 is 2.69 bits per heavy atom. The first-order valence-electron chi connectivity index (χ1n) is 5.81. The van der Waals surface area contributed by atoms with E-state index in [0.29, 0.717) is 6.04 Å². The molecular weight excluding hydrogens is 201 g/mol. The van der Waals surface area contributed by atoms with Crippen LogP contribution < -0.4 is 5.32 Å². The van der Waals surface area contributed by atoms with Crippen molar-refractivity contribution in [2.75, 3.05) is 0 Å². The van der Waals surface area contributed by atoms with Crippen molar-refractivity contribution in [2.24, 2.45) is 0 Å². The molecule has 1 nitrogen and oxygen atoms in total. The topological polar surface area (TPSA) is 12.0 Å². The molecule has 2 heteroatoms. The monoisotopic (exact) mass is 221 g/mol. The lowest BCUT2D eigenvalue weighted by molar-refractivity contribution is 0.500. The molecule has 0 amide bonds. The van der Waals surface area contributed by atoms with E-state index in [2.05, 4.69) is 18.8 Å². The molecule has 0 saturated carbocycles. The van der Waals surface area contributed by atoms with Gasteiger partial charge in [0.25, 0.3) is 0 Å². The Labute approximate surface area is 97.4 Å². The smallest absolute Gasteiger partial charge is 0.123 e. The van der Waals surface area contributed by atoms with E-state index in [-0.39, 0.29) is 5.82 Å². The van der Waals surface area contributed by atoms with Gasteiger partial charge in [0.15, 0.2) is 0 Å². The van der Waals surface area contributed by atoms with E-state index in [0.717, 1.165) is 24.9 Å². The second kappa shape index (κ2) is 7.18. The van der Waals surface area contributed by atoms with Gasteiger partial charge in [-0.05, 0) is 43.9 Å². The quantitative estimate of drug-likeness (QED) is 0.547. The molecule has 0 aromatic heterocycles. The highest BCUT2D eigenvalue weighted by atomic mass is 19.1. The molecule has 1 atom stereocenters. The first-order chi connectivity index (χ1) is 7.72. The Morgan fingerprint density at radius 2 is 2.06 bits per heavy atom. The number of unbranched alkanes of at least 4 members (excludes halogenated alkanes) is 1. The molecule has 16 heavy (non-hydrogen) atoms. The van der Waals surface area contributed by atoms with Crippen LogP contribution in [-0.2, 0) is 6.54 Å². The molecule has 0 spiro atoms. The highest BCUT2D eigenvalue weighted by molar-refractivity contribution is 5.15. The van der Waals surface area contributed by atoms with Crippen LogP contribution in [-0.4, -0.2) is 6.04 Å². The number of hydrogen-bond donors (Lipinski definition) is 1. The van der Waals surface area contributed by atoms with Crippen molar-refractivity contribution in [3.8, 4) is 0 Å². The van der Waals surface area contributed by atoms with Crippen LogP contribution in [0.25, 0.3) is 0 Å². The van der Waals surface area contributed by atoms with Crippen molar-refractivity contribution < 1.29 is 4.39 Å². The van der Waals surface area contributed by atoms with Crippen LogP contribution in [0.15, 0.2) is 36.9 Å². The van der Waals surface area contributed by atoms with E-state index in [9.17, 15) is 4.39 Å². The van der Waals surface area contributed by atoms with E-state index < -0.39 is 0 Å². The molecule has 0 aliphatic rings. The molecule has 1 N–H and O–H groups in total. The van der Waals surface area contributed by atoms with Crippen LogP contribution in [0.3, 0.4) is 0 Å². The fourth-order valence-corrected chi connectivity index (χ4v) is 1.56. The van der Waals surface area contributed by atoms with Gasteiger partial charge in [-0.25, -0.2) is 4.39 Å². The van der Waals surface area contributed by atoms with E-state index in [1.54, 1.807) is 0 Å². The van der Waals surface area contributed by atoms with Gasteiger partial charge in [0.2, 0.25) is 0 Å². The van der Waals surface area contributed by atoms with Crippen LogP contribution in [0.5, 0.6) is 0 Å². The molecule has 0 aliphatic carbocycles. The van der Waals surface area contributed by atoms with Crippen molar-refractivity contribution in [3.05, 3.63) is 48.3 Å². The average Bonchev–Trinajstić information content (AvgIpc) is 2.29. The third-order valence-electron chi connectivity index (χ3n) is 2.61. The Morgan fingerprint density at radius 1 is 1.38 bits per heavy atom. The first kappa shape index (κ1) is 12.9. The Kier molecular flexibility index (Phi) is 5.79. The molecule has 0 bridgehead atoms. The number of hydrogen-bond acceptors (Lipinski definition) is 1. The van der Waals surface area contributed by atoms with Gasteiger partial charge in [0, 0.05) is 12.6 Å². The van der Waals surface area contributed by atoms with Crippen LogP contribution >= 0.6 is 0 Å². The molecule has 1 aromatic rings. The Balaban J connectivity index is 2.23. The minimum Gasteiger partial charge on any atom is -0.310 e. The van der Waals surface area contributed by atoms with E-state index in [1.165, 1.54) is 18.6 Å². The van der Waals surface area contributed by atoms with Gasteiger partial charge in [-0.3, -0.25) is 0 Å². The van der Waals surface area contributed by atoms with Crippen LogP contribution in [0.2, 0.25) is 0 Å². The van der Waals surface area contributed by atoms with Gasteiger partial charge in [-0.1, -0.05) is 18.2 Å². The van der Waals surface area contributed by atoms with Crippen molar-refractivity contribution in [1.82, 2.24) is 5.32 Å². The molecule has 1 rings (SSSR count). The zero-order valence-electron chi connectivity index (χ0n) is 9.88. The summed E-state index contributed by atoms with van der Waals surface area (Å²) in [5, 5.41) is 3.42. The maximum absolute atomic E-state index is 12.7. The second-order valence-corrected chi connectivity index (χ2v) is 4.13. The number of halogens is 1. The minimum absolute atomic E-state index is 0.178. The van der Waals surface area contributed by atoms with Crippen molar-refractivity contribution in [2.45, 2.75) is 38.8 Å². The molecule has 1 aromatic carbocycles. The van der Waals surface area contributed by atoms with Crippen LogP contribution in [0.4, 0.5) is 4.39 Å². The Hall–Kier alpha value is -1.15. The highest BCUT2D eigenvalue weighted by Crippen LogP contribution is 2.05. The largest absolute Gasteiger partial charge is 0.310 e. The fraction of sp³-hybridized carbons (Fsp3) is 0.429. The Bertz CT molecular complexity index is 305. The summed E-state index contributed by atoms with van der Waals surface area (Å²) < 4.78 is 12.7. The maximum atomic E-state index is 12.7. The lowest BCUT2D eigenvalue weighted by atomic mass is 10.1. The number of nitrogens with one attached hydrogen (secondary N) is 1. The maximum Gasteiger partial charge on any atom is 0.123 e. The lowest BCUT2D eigenvalue weighted by Crippen LogP contribution is -2.25. The predicted molar refractivity (Wildman–Crippen MR) is 66.7 cm³/mol. The standard InChI is InChI=1S/C14H20FN/c1-3-4-5-6-12(2)16-11-13-7-9-14(15)10-8-13/h3,7-10,12,16H,1,4-6,11H2,2H3. The molecule has 0 saturated heterocycles. The van der Waals surface area contributed by atoms with Crippen molar-refractivity contribution in [3.63, 3.8) is 0 Å². The van der Waals surface area contributed by atoms with Crippen molar-refractivity contribution >= 4 is 0 Å². The van der Waals surface area contributed by atoms with Gasteiger partial charge < -0.3 is 5.32 Å². The van der Waals surface area contributed by atoms with E-state index in [4.69, 9.17) is 0 Å². The van der Waals surface area contributed by atoms with Crippen LogP contribution in [0.1, 0.15) is 31.7 Å². The summed E-state index contributed by atoms with van der Waals surface area (Å²) >= 11 is 0. The lowest BCUT2D eigenvalue weighted by Gasteiger charge is -2.13. The van der Waals surface area contributed by atoms with Crippen LogP contribution in [0, 0.1) is 5.82 Å². The molecule has 0 aliphatic heterocycles. The third-order valence-corrected chi connectivity index (χ3v) is 2.61. The summed E-state index contributed by atoms with van der Waals surface area (Å²) in [6.07, 6.45) is 5.34. The molecule has 0 fully saturated rings. The van der Waals surface area contributed by atoms with Gasteiger partial charge in [-0.15, -0.1) is 6.58 Å². The van der Waals surface area contributed by atoms with E-state index in [1.807, 2.05) is 18.2 Å². The molecule has 1 unspecified atom stereocenters. The summed E-state index contributed by atoms with van der Waals surface area (Å²) in [5.74, 6) is -0.178. The second-order valence-electron chi connectivity index (χ2n) is 4.13. The van der Waals surface area contributed by atoms with Crippen molar-refractivity contribution in [1.29, 1.82) is 0 Å². The molecule has 0 radical (unpaired) electrons. The van der Waals surface area contributed by atoms with Gasteiger partial charge >= 0.3 is 0 Å². The summed E-state index contributed by atoms with van der Waals surface area (Å²) in [5.41, 5.74) is 1.12. The number of benzene rings is 1. The molecule has 88 valence electrons. The normalized spacial score (nSPS) is 12.4. The highest BCUT2D eigenvalue weighted by Gasteiger charge is 2.00. The molecule has 0 heterocycles. The third kappa shape index (κ3) is 5.08.